The van der Waals surface area contributed by atoms with E-state index in [-0.39, 0.29) is 6.61 Å². The van der Waals surface area contributed by atoms with Crippen LogP contribution in [0.5, 0.6) is 5.75 Å². The molecule has 126 valence electrons. The van der Waals surface area contributed by atoms with Gasteiger partial charge in [0.2, 0.25) is 0 Å². The molecule has 0 heterocycles. The van der Waals surface area contributed by atoms with Crippen molar-refractivity contribution in [3.63, 3.8) is 0 Å². The summed E-state index contributed by atoms with van der Waals surface area (Å²) in [6, 6.07) is 11.7. The molecule has 0 aliphatic carbocycles. The van der Waals surface area contributed by atoms with E-state index in [0.29, 0.717) is 28.6 Å². The number of amides is 1. The minimum absolute atomic E-state index is 0.352. The summed E-state index contributed by atoms with van der Waals surface area (Å²) in [5.74, 6) is -0.334. The van der Waals surface area contributed by atoms with Crippen molar-refractivity contribution in [3.8, 4) is 5.75 Å². The average molecular weight is 348 g/mol. The van der Waals surface area contributed by atoms with Crippen LogP contribution in [0.4, 0.5) is 5.69 Å². The predicted molar refractivity (Wildman–Crippen MR) is 92.7 cm³/mol. The molecule has 0 atom stereocenters. The molecule has 5 nitrogen and oxygen atoms in total. The number of anilines is 1. The summed E-state index contributed by atoms with van der Waals surface area (Å²) in [4.78, 5) is 23.8. The molecule has 1 N–H and O–H groups in total. The summed E-state index contributed by atoms with van der Waals surface area (Å²) in [6.07, 6.45) is 0. The van der Waals surface area contributed by atoms with Crippen LogP contribution in [0.2, 0.25) is 5.02 Å². The third-order valence-corrected chi connectivity index (χ3v) is 3.44. The Labute approximate surface area is 145 Å². The standard InChI is InChI=1S/C18H18ClNO4/c1-3-23-15-8-5-13(6-9-15)18(22)24-11-17(21)20-16-10-14(19)7-4-12(16)2/h4-10H,3,11H2,1-2H3,(H,20,21). The number of benzene rings is 2. The number of ether oxygens (including phenoxy) is 2. The van der Waals surface area contributed by atoms with Gasteiger partial charge in [-0.2, -0.15) is 0 Å². The first kappa shape index (κ1) is 17.8. The minimum Gasteiger partial charge on any atom is -0.494 e. The molecular weight excluding hydrogens is 330 g/mol. The van der Waals surface area contributed by atoms with Crippen molar-refractivity contribution in [2.75, 3.05) is 18.5 Å². The highest BCUT2D eigenvalue weighted by Crippen LogP contribution is 2.20. The van der Waals surface area contributed by atoms with Crippen LogP contribution >= 0.6 is 11.6 Å². The molecule has 0 radical (unpaired) electrons. The highest BCUT2D eigenvalue weighted by atomic mass is 35.5. The zero-order chi connectivity index (χ0) is 17.5. The number of carbonyl (C=O) groups is 2. The first-order valence-electron chi connectivity index (χ1n) is 7.45. The van der Waals surface area contributed by atoms with Crippen LogP contribution in [0.3, 0.4) is 0 Å². The van der Waals surface area contributed by atoms with Gasteiger partial charge in [-0.15, -0.1) is 0 Å². The molecule has 24 heavy (non-hydrogen) atoms. The van der Waals surface area contributed by atoms with Gasteiger partial charge in [0.1, 0.15) is 5.75 Å². The van der Waals surface area contributed by atoms with E-state index in [4.69, 9.17) is 21.1 Å². The second-order valence-corrected chi connectivity index (χ2v) is 5.48. The van der Waals surface area contributed by atoms with Crippen LogP contribution < -0.4 is 10.1 Å². The predicted octanol–water partition coefficient (Wildman–Crippen LogP) is 3.84. The quantitative estimate of drug-likeness (QED) is 0.806. The first-order valence-corrected chi connectivity index (χ1v) is 7.83. The van der Waals surface area contributed by atoms with E-state index in [2.05, 4.69) is 5.32 Å². The monoisotopic (exact) mass is 347 g/mol. The van der Waals surface area contributed by atoms with Gasteiger partial charge >= 0.3 is 5.97 Å². The molecule has 2 aromatic carbocycles. The molecule has 0 spiro atoms. The number of esters is 1. The lowest BCUT2D eigenvalue weighted by Crippen LogP contribution is -2.21. The molecule has 0 unspecified atom stereocenters. The van der Waals surface area contributed by atoms with Gasteiger partial charge in [0.15, 0.2) is 6.61 Å². The zero-order valence-corrected chi connectivity index (χ0v) is 14.2. The van der Waals surface area contributed by atoms with E-state index in [1.165, 1.54) is 0 Å². The Hall–Kier alpha value is -2.53. The van der Waals surface area contributed by atoms with Crippen molar-refractivity contribution in [2.24, 2.45) is 0 Å². The highest BCUT2D eigenvalue weighted by molar-refractivity contribution is 6.31. The summed E-state index contributed by atoms with van der Waals surface area (Å²) in [6.45, 7) is 3.89. The fourth-order valence-corrected chi connectivity index (χ4v) is 2.16. The lowest BCUT2D eigenvalue weighted by molar-refractivity contribution is -0.119. The van der Waals surface area contributed by atoms with E-state index in [0.717, 1.165) is 5.56 Å². The Morgan fingerprint density at radius 1 is 1.12 bits per heavy atom. The summed E-state index contributed by atoms with van der Waals surface area (Å²) in [5.41, 5.74) is 1.81. The molecule has 2 aromatic rings. The molecule has 0 aromatic heterocycles. The van der Waals surface area contributed by atoms with Gasteiger partial charge in [-0.3, -0.25) is 4.79 Å². The van der Waals surface area contributed by atoms with Crippen molar-refractivity contribution < 1.29 is 19.1 Å². The minimum atomic E-state index is -0.573. The van der Waals surface area contributed by atoms with E-state index in [9.17, 15) is 9.59 Å². The maximum atomic E-state index is 11.9. The van der Waals surface area contributed by atoms with Crippen molar-refractivity contribution in [3.05, 3.63) is 58.6 Å². The molecule has 0 aliphatic heterocycles. The van der Waals surface area contributed by atoms with Crippen molar-refractivity contribution >= 4 is 29.2 Å². The van der Waals surface area contributed by atoms with Crippen LogP contribution in [-0.2, 0) is 9.53 Å². The van der Waals surface area contributed by atoms with Gasteiger partial charge in [-0.25, -0.2) is 4.79 Å². The number of aryl methyl sites for hydroxylation is 1. The van der Waals surface area contributed by atoms with E-state index in [1.807, 2.05) is 13.8 Å². The van der Waals surface area contributed by atoms with Gasteiger partial charge in [0.25, 0.3) is 5.91 Å². The van der Waals surface area contributed by atoms with Crippen LogP contribution in [-0.4, -0.2) is 25.1 Å². The Kier molecular flexibility index (Phi) is 6.21. The topological polar surface area (TPSA) is 64.6 Å². The van der Waals surface area contributed by atoms with Gasteiger partial charge in [-0.05, 0) is 55.8 Å². The van der Waals surface area contributed by atoms with Crippen molar-refractivity contribution in [2.45, 2.75) is 13.8 Å². The normalized spacial score (nSPS) is 10.1. The Bertz CT molecular complexity index is 728. The highest BCUT2D eigenvalue weighted by Gasteiger charge is 2.11. The fraction of sp³-hybridized carbons (Fsp3) is 0.222. The largest absolute Gasteiger partial charge is 0.494 e. The number of halogens is 1. The van der Waals surface area contributed by atoms with Crippen LogP contribution in [0.15, 0.2) is 42.5 Å². The number of hydrogen-bond acceptors (Lipinski definition) is 4. The fourth-order valence-electron chi connectivity index (χ4n) is 1.98. The van der Waals surface area contributed by atoms with Gasteiger partial charge < -0.3 is 14.8 Å². The van der Waals surface area contributed by atoms with Gasteiger partial charge in [0, 0.05) is 10.7 Å². The third kappa shape index (κ3) is 4.99. The van der Waals surface area contributed by atoms with Crippen LogP contribution in [0.1, 0.15) is 22.8 Å². The first-order chi connectivity index (χ1) is 11.5. The second kappa shape index (κ2) is 8.36. The molecule has 2 rings (SSSR count). The molecule has 0 aliphatic rings. The van der Waals surface area contributed by atoms with Crippen LogP contribution in [0.25, 0.3) is 0 Å². The maximum absolute atomic E-state index is 11.9. The Morgan fingerprint density at radius 2 is 1.83 bits per heavy atom. The summed E-state index contributed by atoms with van der Waals surface area (Å²) in [5, 5.41) is 3.18. The smallest absolute Gasteiger partial charge is 0.338 e. The number of nitrogens with one attached hydrogen (secondary N) is 1. The molecule has 0 saturated heterocycles. The average Bonchev–Trinajstić information content (AvgIpc) is 2.57. The van der Waals surface area contributed by atoms with Crippen molar-refractivity contribution in [1.29, 1.82) is 0 Å². The lowest BCUT2D eigenvalue weighted by atomic mass is 10.2. The number of carbonyl (C=O) groups excluding carboxylic acids is 2. The molecule has 6 heteroatoms. The molecule has 0 saturated carbocycles. The summed E-state index contributed by atoms with van der Waals surface area (Å²) < 4.78 is 10.3. The van der Waals surface area contributed by atoms with E-state index in [1.54, 1.807) is 42.5 Å². The third-order valence-electron chi connectivity index (χ3n) is 3.21. The SMILES string of the molecule is CCOc1ccc(C(=O)OCC(=O)Nc2cc(Cl)ccc2C)cc1. The van der Waals surface area contributed by atoms with Crippen LogP contribution in [0, 0.1) is 6.92 Å². The van der Waals surface area contributed by atoms with Crippen molar-refractivity contribution in [1.82, 2.24) is 0 Å². The van der Waals surface area contributed by atoms with E-state index < -0.39 is 11.9 Å². The Balaban J connectivity index is 1.88. The number of hydrogen-bond donors (Lipinski definition) is 1. The zero-order valence-electron chi connectivity index (χ0n) is 13.5. The molecule has 0 fully saturated rings. The molecule has 0 bridgehead atoms. The number of rotatable bonds is 6. The van der Waals surface area contributed by atoms with Gasteiger partial charge in [0.05, 0.1) is 12.2 Å². The Morgan fingerprint density at radius 3 is 2.50 bits per heavy atom. The second-order valence-electron chi connectivity index (χ2n) is 5.04. The maximum Gasteiger partial charge on any atom is 0.338 e. The summed E-state index contributed by atoms with van der Waals surface area (Å²) >= 11 is 5.90. The molecular formula is C18H18ClNO4. The van der Waals surface area contributed by atoms with Gasteiger partial charge in [-0.1, -0.05) is 17.7 Å². The van der Waals surface area contributed by atoms with E-state index >= 15 is 0 Å². The lowest BCUT2D eigenvalue weighted by Gasteiger charge is -2.09. The summed E-state index contributed by atoms with van der Waals surface area (Å²) in [7, 11) is 0. The molecule has 1 amide bonds.